The van der Waals surface area contributed by atoms with Crippen LogP contribution in [0.15, 0.2) is 42.5 Å². The number of carbonyl (C=O) groups excluding carboxylic acids is 3. The van der Waals surface area contributed by atoms with Crippen molar-refractivity contribution in [3.05, 3.63) is 48.0 Å². The minimum Gasteiger partial charge on any atom is -0.361 e. The molecule has 0 radical (unpaired) electrons. The summed E-state index contributed by atoms with van der Waals surface area (Å²) in [6.07, 6.45) is 2.50. The molecule has 0 unspecified atom stereocenters. The van der Waals surface area contributed by atoms with Gasteiger partial charge in [0.2, 0.25) is 11.8 Å². The van der Waals surface area contributed by atoms with Crippen molar-refractivity contribution in [2.45, 2.75) is 26.2 Å². The maximum atomic E-state index is 12.6. The Balaban J connectivity index is 1.33. The van der Waals surface area contributed by atoms with Crippen LogP contribution in [0.5, 0.6) is 0 Å². The fraction of sp³-hybridized carbons (Fsp3) is 0.304. The fourth-order valence-corrected chi connectivity index (χ4v) is 4.52. The summed E-state index contributed by atoms with van der Waals surface area (Å²) < 4.78 is 0.927. The van der Waals surface area contributed by atoms with Crippen LogP contribution >= 0.6 is 11.3 Å². The van der Waals surface area contributed by atoms with Crippen molar-refractivity contribution in [3.8, 4) is 0 Å². The lowest BCUT2D eigenvalue weighted by atomic mass is 10.2. The molecule has 1 aromatic heterocycles. The van der Waals surface area contributed by atoms with Gasteiger partial charge in [-0.3, -0.25) is 14.4 Å². The Morgan fingerprint density at radius 1 is 1.09 bits per heavy atom. The van der Waals surface area contributed by atoms with Crippen LogP contribution in [0, 0.1) is 0 Å². The van der Waals surface area contributed by atoms with Gasteiger partial charge in [-0.2, -0.15) is 0 Å². The fourth-order valence-electron chi connectivity index (χ4n) is 3.59. The molecule has 1 fully saturated rings. The number of carbonyl (C=O) groups is 3. The van der Waals surface area contributed by atoms with Crippen LogP contribution in [0.3, 0.4) is 0 Å². The van der Waals surface area contributed by atoms with Crippen LogP contribution in [-0.2, 0) is 9.59 Å². The quantitative estimate of drug-likeness (QED) is 0.450. The van der Waals surface area contributed by atoms with E-state index in [1.165, 1.54) is 18.3 Å². The molecule has 0 aliphatic carbocycles. The van der Waals surface area contributed by atoms with Crippen LogP contribution in [-0.4, -0.2) is 47.2 Å². The monoisotopic (exact) mass is 451 g/mol. The lowest BCUT2D eigenvalue weighted by Gasteiger charge is -2.14. The first kappa shape index (κ1) is 21.8. The summed E-state index contributed by atoms with van der Waals surface area (Å²) in [7, 11) is 0. The first-order chi connectivity index (χ1) is 15.5. The van der Waals surface area contributed by atoms with Gasteiger partial charge >= 0.3 is 0 Å². The Morgan fingerprint density at radius 2 is 1.84 bits per heavy atom. The molecule has 1 aliphatic rings. The summed E-state index contributed by atoms with van der Waals surface area (Å²) in [5.74, 6) is -0.105. The number of amides is 3. The molecule has 3 N–H and O–H groups in total. The lowest BCUT2D eigenvalue weighted by Crippen LogP contribution is -2.26. The molecule has 0 spiro atoms. The van der Waals surface area contributed by atoms with E-state index in [9.17, 15) is 14.4 Å². The van der Waals surface area contributed by atoms with E-state index in [0.29, 0.717) is 23.4 Å². The highest BCUT2D eigenvalue weighted by molar-refractivity contribution is 7.22. The Bertz CT molecular complexity index is 1140. The highest BCUT2D eigenvalue weighted by atomic mass is 32.1. The number of likely N-dealkylation sites (tertiary alicyclic amines) is 1. The van der Waals surface area contributed by atoms with Gasteiger partial charge < -0.3 is 20.9 Å². The highest BCUT2D eigenvalue weighted by Crippen LogP contribution is 2.27. The van der Waals surface area contributed by atoms with E-state index in [1.807, 2.05) is 17.0 Å². The highest BCUT2D eigenvalue weighted by Gasteiger charge is 2.19. The number of rotatable bonds is 8. The normalized spacial score (nSPS) is 13.4. The molecule has 0 saturated carbocycles. The van der Waals surface area contributed by atoms with E-state index in [2.05, 4.69) is 20.9 Å². The van der Waals surface area contributed by atoms with Crippen molar-refractivity contribution in [2.75, 3.05) is 35.6 Å². The van der Waals surface area contributed by atoms with Crippen molar-refractivity contribution >= 4 is 55.8 Å². The summed E-state index contributed by atoms with van der Waals surface area (Å²) in [6.45, 7) is 3.82. The second-order valence-electron chi connectivity index (χ2n) is 7.68. The SMILES string of the molecule is CC(=O)Nc1ccc(NC(=O)c2ccc3nc(NCCCN4CCCC4=O)sc3c2)cc1. The summed E-state index contributed by atoms with van der Waals surface area (Å²) in [5, 5.41) is 9.68. The van der Waals surface area contributed by atoms with Gasteiger partial charge in [-0.25, -0.2) is 4.98 Å². The van der Waals surface area contributed by atoms with E-state index in [0.717, 1.165) is 47.8 Å². The molecule has 1 aliphatic heterocycles. The zero-order valence-electron chi connectivity index (χ0n) is 17.8. The van der Waals surface area contributed by atoms with Crippen LogP contribution in [0.4, 0.5) is 16.5 Å². The van der Waals surface area contributed by atoms with Crippen molar-refractivity contribution < 1.29 is 14.4 Å². The van der Waals surface area contributed by atoms with Crippen LogP contribution in [0.1, 0.15) is 36.5 Å². The second-order valence-corrected chi connectivity index (χ2v) is 8.71. The third-order valence-electron chi connectivity index (χ3n) is 5.17. The minimum atomic E-state index is -0.211. The third-order valence-corrected chi connectivity index (χ3v) is 6.14. The van der Waals surface area contributed by atoms with E-state index in [1.54, 1.807) is 30.3 Å². The largest absolute Gasteiger partial charge is 0.361 e. The number of anilines is 3. The van der Waals surface area contributed by atoms with Gasteiger partial charge in [0.15, 0.2) is 5.13 Å². The van der Waals surface area contributed by atoms with E-state index in [-0.39, 0.29) is 17.7 Å². The number of fused-ring (bicyclic) bond motifs is 1. The van der Waals surface area contributed by atoms with Crippen molar-refractivity contribution in [2.24, 2.45) is 0 Å². The number of hydrogen-bond donors (Lipinski definition) is 3. The van der Waals surface area contributed by atoms with Crippen molar-refractivity contribution in [1.82, 2.24) is 9.88 Å². The predicted octanol–water partition coefficient (Wildman–Crippen LogP) is 3.93. The van der Waals surface area contributed by atoms with Gasteiger partial charge in [0.1, 0.15) is 0 Å². The van der Waals surface area contributed by atoms with Gasteiger partial charge in [0.25, 0.3) is 5.91 Å². The zero-order chi connectivity index (χ0) is 22.5. The molecule has 3 amide bonds. The lowest BCUT2D eigenvalue weighted by molar-refractivity contribution is -0.127. The summed E-state index contributed by atoms with van der Waals surface area (Å²) >= 11 is 1.50. The molecule has 2 aromatic carbocycles. The van der Waals surface area contributed by atoms with Gasteiger partial charge in [-0.1, -0.05) is 11.3 Å². The Hall–Kier alpha value is -3.46. The summed E-state index contributed by atoms with van der Waals surface area (Å²) in [4.78, 5) is 41.9. The van der Waals surface area contributed by atoms with Gasteiger partial charge in [-0.05, 0) is 55.3 Å². The van der Waals surface area contributed by atoms with E-state index < -0.39 is 0 Å². The number of thiazole rings is 1. The number of nitrogens with zero attached hydrogens (tertiary/aromatic N) is 2. The Kier molecular flexibility index (Phi) is 6.65. The zero-order valence-corrected chi connectivity index (χ0v) is 18.6. The first-order valence-corrected chi connectivity index (χ1v) is 11.4. The molecular weight excluding hydrogens is 426 g/mol. The minimum absolute atomic E-state index is 0.143. The molecule has 166 valence electrons. The molecule has 0 atom stereocenters. The molecule has 8 nitrogen and oxygen atoms in total. The average Bonchev–Trinajstić information content (AvgIpc) is 3.37. The topological polar surface area (TPSA) is 103 Å². The molecule has 32 heavy (non-hydrogen) atoms. The van der Waals surface area contributed by atoms with Crippen molar-refractivity contribution in [3.63, 3.8) is 0 Å². The smallest absolute Gasteiger partial charge is 0.255 e. The maximum absolute atomic E-state index is 12.6. The summed E-state index contributed by atoms with van der Waals surface area (Å²) in [6, 6.07) is 12.4. The number of nitrogens with one attached hydrogen (secondary N) is 3. The number of aromatic nitrogens is 1. The molecule has 1 saturated heterocycles. The van der Waals surface area contributed by atoms with Gasteiger partial charge in [0.05, 0.1) is 10.2 Å². The third kappa shape index (κ3) is 5.42. The molecule has 2 heterocycles. The molecule has 0 bridgehead atoms. The van der Waals surface area contributed by atoms with Crippen molar-refractivity contribution in [1.29, 1.82) is 0 Å². The average molecular weight is 452 g/mol. The van der Waals surface area contributed by atoms with E-state index in [4.69, 9.17) is 0 Å². The maximum Gasteiger partial charge on any atom is 0.255 e. The Morgan fingerprint density at radius 3 is 2.53 bits per heavy atom. The van der Waals surface area contributed by atoms with Gasteiger partial charge in [0, 0.05) is 49.9 Å². The molecular formula is C23H25N5O3S. The van der Waals surface area contributed by atoms with Crippen LogP contribution in [0.25, 0.3) is 10.2 Å². The second kappa shape index (κ2) is 9.78. The predicted molar refractivity (Wildman–Crippen MR) is 127 cm³/mol. The molecule has 9 heteroatoms. The van der Waals surface area contributed by atoms with Crippen LogP contribution in [0.2, 0.25) is 0 Å². The number of hydrogen-bond acceptors (Lipinski definition) is 6. The Labute approximate surface area is 190 Å². The van der Waals surface area contributed by atoms with Gasteiger partial charge in [-0.15, -0.1) is 0 Å². The first-order valence-electron chi connectivity index (χ1n) is 10.6. The number of benzene rings is 2. The molecule has 3 aromatic rings. The summed E-state index contributed by atoms with van der Waals surface area (Å²) in [5.41, 5.74) is 2.70. The standard InChI is InChI=1S/C23H25N5O3S/c1-15(29)25-17-6-8-18(9-7-17)26-22(31)16-5-10-19-20(14-16)32-23(27-19)24-11-3-13-28-12-2-4-21(28)30/h5-10,14H,2-4,11-13H2,1H3,(H,24,27)(H,25,29)(H,26,31). The molecule has 4 rings (SSSR count). The van der Waals surface area contributed by atoms with Crippen LogP contribution < -0.4 is 16.0 Å². The van der Waals surface area contributed by atoms with E-state index >= 15 is 0 Å².